The van der Waals surface area contributed by atoms with Gasteiger partial charge in [-0.2, -0.15) is 0 Å². The van der Waals surface area contributed by atoms with Crippen LogP contribution in [-0.4, -0.2) is 35.3 Å². The highest BCUT2D eigenvalue weighted by atomic mass is 19.1. The Morgan fingerprint density at radius 2 is 1.74 bits per heavy atom. The third-order valence-corrected chi connectivity index (χ3v) is 8.44. The lowest BCUT2D eigenvalue weighted by atomic mass is 9.75. The van der Waals surface area contributed by atoms with Gasteiger partial charge in [-0.1, -0.05) is 12.1 Å². The van der Waals surface area contributed by atoms with Crippen LogP contribution in [0.2, 0.25) is 0 Å². The van der Waals surface area contributed by atoms with Crippen LogP contribution in [0.5, 0.6) is 0 Å². The fraction of sp³-hybridized carbons (Fsp3) is 0.355. The number of nitrogens with one attached hydrogen (secondary N) is 1. The summed E-state index contributed by atoms with van der Waals surface area (Å²) in [7, 11) is 0. The molecular formula is C31H30F2N2O3. The van der Waals surface area contributed by atoms with Crippen molar-refractivity contribution < 1.29 is 18.0 Å². The number of oxazole rings is 1. The monoisotopic (exact) mass is 516 g/mol. The van der Waals surface area contributed by atoms with Crippen molar-refractivity contribution in [2.24, 2.45) is 17.8 Å². The zero-order chi connectivity index (χ0) is 26.2. The number of nitrogens with zero attached hydrogens (tertiary/aromatic N) is 1. The number of rotatable bonds is 8. The van der Waals surface area contributed by atoms with Gasteiger partial charge in [-0.25, -0.2) is 13.6 Å². The Balaban J connectivity index is 1.27. The van der Waals surface area contributed by atoms with Gasteiger partial charge in [0.1, 0.15) is 11.6 Å². The van der Waals surface area contributed by atoms with Crippen LogP contribution in [0.1, 0.15) is 41.6 Å². The fourth-order valence-electron chi connectivity index (χ4n) is 6.31. The van der Waals surface area contributed by atoms with Crippen molar-refractivity contribution in [1.29, 1.82) is 0 Å². The fourth-order valence-corrected chi connectivity index (χ4v) is 6.31. The first-order chi connectivity index (χ1) is 18.4. The van der Waals surface area contributed by atoms with E-state index in [4.69, 9.17) is 4.42 Å². The van der Waals surface area contributed by atoms with Crippen molar-refractivity contribution in [1.82, 2.24) is 9.88 Å². The Bertz CT molecular complexity index is 1520. The van der Waals surface area contributed by atoms with E-state index in [2.05, 4.69) is 9.88 Å². The number of halogens is 2. The average molecular weight is 517 g/mol. The van der Waals surface area contributed by atoms with Gasteiger partial charge >= 0.3 is 5.76 Å². The molecule has 1 unspecified atom stereocenters. The number of aromatic nitrogens is 1. The van der Waals surface area contributed by atoms with Crippen molar-refractivity contribution >= 4 is 16.9 Å². The van der Waals surface area contributed by atoms with E-state index in [1.54, 1.807) is 24.3 Å². The van der Waals surface area contributed by atoms with E-state index in [1.165, 1.54) is 43.2 Å². The van der Waals surface area contributed by atoms with Crippen molar-refractivity contribution in [3.05, 3.63) is 94.0 Å². The molecule has 0 aliphatic carbocycles. The number of ketones is 1. The minimum absolute atomic E-state index is 0.0772. The highest BCUT2D eigenvalue weighted by molar-refractivity contribution is 5.98. The normalized spacial score (nSPS) is 21.6. The van der Waals surface area contributed by atoms with Crippen LogP contribution >= 0.6 is 0 Å². The molecule has 196 valence electrons. The summed E-state index contributed by atoms with van der Waals surface area (Å²) < 4.78 is 33.8. The summed E-state index contributed by atoms with van der Waals surface area (Å²) in [6.45, 7) is 3.40. The van der Waals surface area contributed by atoms with Gasteiger partial charge in [-0.05, 0) is 122 Å². The number of hydrogen-bond donors (Lipinski definition) is 1. The molecule has 2 atom stereocenters. The summed E-state index contributed by atoms with van der Waals surface area (Å²) in [5.41, 5.74) is 3.51. The highest BCUT2D eigenvalue weighted by Crippen LogP contribution is 2.37. The Kier molecular flexibility index (Phi) is 6.70. The standard InChI is InChI=1S/C31H30F2N2O3/c32-26-7-3-20(4-8-26)30(36)23(1-2-24-18-35-13-11-19(24)12-14-35)16-25-15-21(5-9-27(25)33)22-6-10-28-29(17-22)38-31(37)34-28/h3-10,15,17,19,23-24H,1-2,11-14,16,18H2,(H,34,37)/t23?,24-/m0/s1. The second-order valence-electron chi connectivity index (χ2n) is 10.8. The SMILES string of the molecule is O=C(c1ccc(F)cc1)C(CC[C@H]1CN2CCC1CC2)Cc1cc(-c2ccc3[nH]c(=O)oc3c2)ccc1F. The number of carbonyl (C=O) groups excluding carboxylic acids is 1. The van der Waals surface area contributed by atoms with Crippen LogP contribution in [0.25, 0.3) is 22.2 Å². The largest absolute Gasteiger partial charge is 0.417 e. The molecule has 2 bridgehead atoms. The summed E-state index contributed by atoms with van der Waals surface area (Å²) in [6, 6.07) is 15.9. The first-order valence-electron chi connectivity index (χ1n) is 13.4. The molecule has 3 aliphatic heterocycles. The third kappa shape index (κ3) is 5.07. The molecule has 3 aromatic carbocycles. The molecule has 0 spiro atoms. The number of aromatic amines is 1. The van der Waals surface area contributed by atoms with Gasteiger partial charge < -0.3 is 9.32 Å². The molecule has 3 saturated heterocycles. The van der Waals surface area contributed by atoms with Gasteiger partial charge in [0.05, 0.1) is 5.52 Å². The van der Waals surface area contributed by atoms with Crippen molar-refractivity contribution in [3.8, 4) is 11.1 Å². The molecule has 0 saturated carbocycles. The smallest absolute Gasteiger partial charge is 0.408 e. The van der Waals surface area contributed by atoms with Crippen molar-refractivity contribution in [2.75, 3.05) is 19.6 Å². The molecule has 38 heavy (non-hydrogen) atoms. The van der Waals surface area contributed by atoms with Gasteiger partial charge in [-0.3, -0.25) is 9.78 Å². The maximum atomic E-state index is 15.1. The summed E-state index contributed by atoms with van der Waals surface area (Å²) in [4.78, 5) is 30.3. The second kappa shape index (κ2) is 10.3. The zero-order valence-corrected chi connectivity index (χ0v) is 21.1. The molecule has 7 heteroatoms. The Morgan fingerprint density at radius 1 is 1.00 bits per heavy atom. The van der Waals surface area contributed by atoms with E-state index < -0.39 is 11.7 Å². The molecular weight excluding hydrogens is 486 g/mol. The molecule has 5 nitrogen and oxygen atoms in total. The van der Waals surface area contributed by atoms with Gasteiger partial charge in [0.15, 0.2) is 11.4 Å². The van der Waals surface area contributed by atoms with E-state index >= 15 is 4.39 Å². The number of piperidine rings is 3. The molecule has 1 N–H and O–H groups in total. The summed E-state index contributed by atoms with van der Waals surface area (Å²) in [5, 5.41) is 0. The number of hydrogen-bond acceptors (Lipinski definition) is 4. The van der Waals surface area contributed by atoms with Crippen molar-refractivity contribution in [3.63, 3.8) is 0 Å². The predicted octanol–water partition coefficient (Wildman–Crippen LogP) is 6.23. The van der Waals surface area contributed by atoms with E-state index in [0.29, 0.717) is 40.5 Å². The minimum atomic E-state index is -0.526. The maximum Gasteiger partial charge on any atom is 0.417 e. The number of H-pyrrole nitrogens is 1. The summed E-state index contributed by atoms with van der Waals surface area (Å²) in [5.74, 6) is -0.508. The van der Waals surface area contributed by atoms with Crippen LogP contribution in [0, 0.1) is 29.4 Å². The lowest BCUT2D eigenvalue weighted by molar-refractivity contribution is 0.0429. The van der Waals surface area contributed by atoms with E-state index in [1.807, 2.05) is 6.07 Å². The molecule has 4 aromatic rings. The first kappa shape index (κ1) is 24.7. The van der Waals surface area contributed by atoms with E-state index in [-0.39, 0.29) is 23.8 Å². The lowest BCUT2D eigenvalue weighted by Crippen LogP contribution is -2.47. The Morgan fingerprint density at radius 3 is 2.47 bits per heavy atom. The van der Waals surface area contributed by atoms with Gasteiger partial charge in [-0.15, -0.1) is 0 Å². The number of fused-ring (bicyclic) bond motifs is 4. The third-order valence-electron chi connectivity index (χ3n) is 8.44. The Labute approximate surface area is 219 Å². The van der Waals surface area contributed by atoms with Gasteiger partial charge in [0.25, 0.3) is 0 Å². The van der Waals surface area contributed by atoms with Gasteiger partial charge in [0, 0.05) is 18.0 Å². The lowest BCUT2D eigenvalue weighted by Gasteiger charge is -2.45. The second-order valence-corrected chi connectivity index (χ2v) is 10.8. The Hall–Kier alpha value is -3.58. The molecule has 4 heterocycles. The number of carbonyl (C=O) groups is 1. The quantitative estimate of drug-likeness (QED) is 0.282. The predicted molar refractivity (Wildman–Crippen MR) is 142 cm³/mol. The average Bonchev–Trinajstić information content (AvgIpc) is 3.32. The van der Waals surface area contributed by atoms with Crippen molar-refractivity contribution in [2.45, 2.75) is 32.1 Å². The first-order valence-corrected chi connectivity index (χ1v) is 13.4. The van der Waals surface area contributed by atoms with E-state index in [9.17, 15) is 14.0 Å². The molecule has 0 radical (unpaired) electrons. The molecule has 0 amide bonds. The van der Waals surface area contributed by atoms with Crippen LogP contribution < -0.4 is 5.76 Å². The number of benzene rings is 3. The number of Topliss-reactive ketones (excluding diaryl/α,β-unsaturated/α-hetero) is 1. The maximum absolute atomic E-state index is 15.1. The molecule has 1 aromatic heterocycles. The topological polar surface area (TPSA) is 66.3 Å². The summed E-state index contributed by atoms with van der Waals surface area (Å²) >= 11 is 0. The molecule has 3 aliphatic rings. The van der Waals surface area contributed by atoms with E-state index in [0.717, 1.165) is 37.2 Å². The van der Waals surface area contributed by atoms with Crippen LogP contribution in [0.15, 0.2) is 69.9 Å². The summed E-state index contributed by atoms with van der Waals surface area (Å²) in [6.07, 6.45) is 4.27. The minimum Gasteiger partial charge on any atom is -0.408 e. The van der Waals surface area contributed by atoms with Crippen LogP contribution in [-0.2, 0) is 6.42 Å². The molecule has 7 rings (SSSR count). The zero-order valence-electron chi connectivity index (χ0n) is 21.1. The molecule has 3 fully saturated rings. The highest BCUT2D eigenvalue weighted by Gasteiger charge is 2.34. The van der Waals surface area contributed by atoms with Crippen LogP contribution in [0.4, 0.5) is 8.78 Å². The van der Waals surface area contributed by atoms with Crippen LogP contribution in [0.3, 0.4) is 0 Å². The van der Waals surface area contributed by atoms with Gasteiger partial charge in [0.2, 0.25) is 0 Å².